The lowest BCUT2D eigenvalue weighted by molar-refractivity contribution is 0.0939. The monoisotopic (exact) mass is 308 g/mol. The van der Waals surface area contributed by atoms with E-state index in [0.29, 0.717) is 30.1 Å². The van der Waals surface area contributed by atoms with Crippen molar-refractivity contribution in [2.45, 2.75) is 32.6 Å². The molecule has 116 valence electrons. The van der Waals surface area contributed by atoms with Crippen LogP contribution in [0.3, 0.4) is 0 Å². The Kier molecular flexibility index (Phi) is 8.62. The number of hydrogen-bond donors (Lipinski definition) is 2. The van der Waals surface area contributed by atoms with Crippen molar-refractivity contribution in [1.29, 1.82) is 0 Å². The normalized spacial score (nSPS) is 10.3. The van der Waals surface area contributed by atoms with Gasteiger partial charge < -0.3 is 15.8 Å². The van der Waals surface area contributed by atoms with Crippen LogP contribution in [0.15, 0.2) is 24.3 Å². The molecule has 0 atom stereocenters. The Labute approximate surface area is 132 Å². The zero-order chi connectivity index (χ0) is 15.5. The predicted octanol–water partition coefficient (Wildman–Crippen LogP) is 2.45. The number of nitrogens with two attached hydrogens (primary N) is 1. The van der Waals surface area contributed by atoms with Crippen molar-refractivity contribution in [2.24, 2.45) is 5.73 Å². The first-order chi connectivity index (χ1) is 10.1. The number of carbonyl (C=O) groups is 1. The van der Waals surface area contributed by atoms with Crippen LogP contribution in [0.1, 0.15) is 42.1 Å². The van der Waals surface area contributed by atoms with Crippen LogP contribution in [0.4, 0.5) is 0 Å². The van der Waals surface area contributed by atoms with Crippen molar-refractivity contribution in [3.05, 3.63) is 35.4 Å². The minimum Gasteiger partial charge on any atom is -0.393 e. The molecule has 0 spiro atoms. The maximum Gasteiger partial charge on any atom is 0.251 e. The first-order valence-electron chi connectivity index (χ1n) is 7.37. The molecule has 1 rings (SSSR count). The molecular formula is C16H24N2O2S. The number of nitrogens with one attached hydrogen (secondary N) is 1. The largest absolute Gasteiger partial charge is 0.393 e. The van der Waals surface area contributed by atoms with Crippen LogP contribution >= 0.6 is 12.2 Å². The standard InChI is InChI=1S/C16H24N2O2S/c1-2-3-10-20-11-6-9-18-16(19)14-8-5-4-7-13(14)12-15(17)21/h4-5,7-8H,2-3,6,9-12H2,1H3,(H2,17,21)(H,18,19). The van der Waals surface area contributed by atoms with Crippen molar-refractivity contribution >= 4 is 23.1 Å². The van der Waals surface area contributed by atoms with Crippen LogP contribution in [0.5, 0.6) is 0 Å². The van der Waals surface area contributed by atoms with Crippen LogP contribution in [0.25, 0.3) is 0 Å². The number of unbranched alkanes of at least 4 members (excludes halogenated alkanes) is 1. The molecule has 0 fully saturated rings. The third kappa shape index (κ3) is 7.20. The first-order valence-corrected chi connectivity index (χ1v) is 7.78. The quantitative estimate of drug-likeness (QED) is 0.515. The number of ether oxygens (including phenoxy) is 1. The molecule has 1 aromatic rings. The molecule has 0 heterocycles. The summed E-state index contributed by atoms with van der Waals surface area (Å²) in [6, 6.07) is 7.39. The lowest BCUT2D eigenvalue weighted by atomic mass is 10.0. The molecule has 0 aliphatic rings. The van der Waals surface area contributed by atoms with Crippen LogP contribution in [0.2, 0.25) is 0 Å². The predicted molar refractivity (Wildman–Crippen MR) is 89.6 cm³/mol. The average molecular weight is 308 g/mol. The summed E-state index contributed by atoms with van der Waals surface area (Å²) in [5.41, 5.74) is 7.06. The van der Waals surface area contributed by atoms with E-state index in [0.717, 1.165) is 31.4 Å². The Balaban J connectivity index is 2.36. The molecule has 4 nitrogen and oxygen atoms in total. The fourth-order valence-electron chi connectivity index (χ4n) is 1.90. The summed E-state index contributed by atoms with van der Waals surface area (Å²) in [4.78, 5) is 12.5. The second-order valence-corrected chi connectivity index (χ2v) is 5.40. The highest BCUT2D eigenvalue weighted by Crippen LogP contribution is 2.09. The minimum atomic E-state index is -0.0876. The van der Waals surface area contributed by atoms with Crippen LogP contribution < -0.4 is 11.1 Å². The van der Waals surface area contributed by atoms with E-state index in [2.05, 4.69) is 12.2 Å². The van der Waals surface area contributed by atoms with E-state index in [1.165, 1.54) is 0 Å². The molecule has 0 aliphatic heterocycles. The average Bonchev–Trinajstić information content (AvgIpc) is 2.46. The van der Waals surface area contributed by atoms with Gasteiger partial charge in [0.2, 0.25) is 0 Å². The van der Waals surface area contributed by atoms with Gasteiger partial charge in [-0.25, -0.2) is 0 Å². The third-order valence-electron chi connectivity index (χ3n) is 3.02. The molecule has 0 aromatic heterocycles. The molecule has 0 saturated carbocycles. The van der Waals surface area contributed by atoms with Crippen molar-refractivity contribution in [2.75, 3.05) is 19.8 Å². The van der Waals surface area contributed by atoms with E-state index in [1.807, 2.05) is 18.2 Å². The molecular weight excluding hydrogens is 284 g/mol. The van der Waals surface area contributed by atoms with Gasteiger partial charge in [0, 0.05) is 31.7 Å². The molecule has 1 aromatic carbocycles. The lowest BCUT2D eigenvalue weighted by Crippen LogP contribution is -2.27. The van der Waals surface area contributed by atoms with Crippen LogP contribution in [0, 0.1) is 0 Å². The van der Waals surface area contributed by atoms with Crippen molar-refractivity contribution in [1.82, 2.24) is 5.32 Å². The van der Waals surface area contributed by atoms with Crippen molar-refractivity contribution < 1.29 is 9.53 Å². The topological polar surface area (TPSA) is 64.3 Å². The molecule has 0 aliphatic carbocycles. The number of amides is 1. The summed E-state index contributed by atoms with van der Waals surface area (Å²) in [5.74, 6) is -0.0876. The SMILES string of the molecule is CCCCOCCCNC(=O)c1ccccc1CC(N)=S. The number of rotatable bonds is 10. The second-order valence-electron chi connectivity index (χ2n) is 4.88. The summed E-state index contributed by atoms with van der Waals surface area (Å²) < 4.78 is 5.45. The molecule has 3 N–H and O–H groups in total. The third-order valence-corrected chi connectivity index (χ3v) is 3.16. The number of hydrogen-bond acceptors (Lipinski definition) is 3. The summed E-state index contributed by atoms with van der Waals surface area (Å²) in [6.07, 6.45) is 3.47. The van der Waals surface area contributed by atoms with E-state index in [4.69, 9.17) is 22.7 Å². The highest BCUT2D eigenvalue weighted by molar-refractivity contribution is 7.80. The maximum absolute atomic E-state index is 12.1. The Hall–Kier alpha value is -1.46. The molecule has 0 saturated heterocycles. The summed E-state index contributed by atoms with van der Waals surface area (Å²) in [6.45, 7) is 4.20. The molecule has 5 heteroatoms. The van der Waals surface area contributed by atoms with Gasteiger partial charge in [-0.3, -0.25) is 4.79 Å². The van der Waals surface area contributed by atoms with Crippen molar-refractivity contribution in [3.63, 3.8) is 0 Å². The first kappa shape index (κ1) is 17.6. The summed E-state index contributed by atoms with van der Waals surface area (Å²) in [5, 5.41) is 2.90. The smallest absolute Gasteiger partial charge is 0.251 e. The van der Waals surface area contributed by atoms with E-state index < -0.39 is 0 Å². The highest BCUT2D eigenvalue weighted by Gasteiger charge is 2.10. The zero-order valence-electron chi connectivity index (χ0n) is 12.6. The number of carbonyl (C=O) groups excluding carboxylic acids is 1. The van der Waals surface area contributed by atoms with Crippen molar-refractivity contribution in [3.8, 4) is 0 Å². The lowest BCUT2D eigenvalue weighted by Gasteiger charge is -2.10. The zero-order valence-corrected chi connectivity index (χ0v) is 13.4. The van der Waals surface area contributed by atoms with Gasteiger partial charge in [-0.05, 0) is 24.5 Å². The maximum atomic E-state index is 12.1. The minimum absolute atomic E-state index is 0.0876. The van der Waals surface area contributed by atoms with Gasteiger partial charge in [-0.2, -0.15) is 0 Å². The Morgan fingerprint density at radius 1 is 1.29 bits per heavy atom. The molecule has 1 amide bonds. The Morgan fingerprint density at radius 2 is 2.00 bits per heavy atom. The van der Waals surface area contributed by atoms with Gasteiger partial charge in [-0.1, -0.05) is 43.8 Å². The molecule has 0 unspecified atom stereocenters. The van der Waals surface area contributed by atoms with Gasteiger partial charge in [0.15, 0.2) is 0 Å². The molecule has 21 heavy (non-hydrogen) atoms. The van der Waals surface area contributed by atoms with E-state index >= 15 is 0 Å². The van der Waals surface area contributed by atoms with Crippen LogP contribution in [-0.2, 0) is 11.2 Å². The number of thiocarbonyl (C=S) groups is 1. The van der Waals surface area contributed by atoms with Gasteiger partial charge in [0.1, 0.15) is 0 Å². The fourth-order valence-corrected chi connectivity index (χ4v) is 2.06. The Bertz CT molecular complexity index is 463. The van der Waals surface area contributed by atoms with Gasteiger partial charge in [-0.15, -0.1) is 0 Å². The van der Waals surface area contributed by atoms with E-state index in [9.17, 15) is 4.79 Å². The molecule has 0 radical (unpaired) electrons. The fraction of sp³-hybridized carbons (Fsp3) is 0.500. The second kappa shape index (κ2) is 10.3. The highest BCUT2D eigenvalue weighted by atomic mass is 32.1. The van der Waals surface area contributed by atoms with Gasteiger partial charge in [0.25, 0.3) is 5.91 Å². The van der Waals surface area contributed by atoms with Crippen LogP contribution in [-0.4, -0.2) is 30.7 Å². The van der Waals surface area contributed by atoms with Gasteiger partial charge >= 0.3 is 0 Å². The number of benzene rings is 1. The van der Waals surface area contributed by atoms with E-state index in [-0.39, 0.29) is 5.91 Å². The van der Waals surface area contributed by atoms with Gasteiger partial charge in [0.05, 0.1) is 4.99 Å². The van der Waals surface area contributed by atoms with E-state index in [1.54, 1.807) is 6.07 Å². The summed E-state index contributed by atoms with van der Waals surface area (Å²) >= 11 is 4.91. The summed E-state index contributed by atoms with van der Waals surface area (Å²) in [7, 11) is 0. The molecule has 0 bridgehead atoms. The Morgan fingerprint density at radius 3 is 2.71 bits per heavy atom.